The molecule has 0 saturated carbocycles. The van der Waals surface area contributed by atoms with E-state index in [1.807, 2.05) is 18.4 Å². The average Bonchev–Trinajstić information content (AvgIpc) is 0.835. The Labute approximate surface area is 551 Å². The number of thiocarbonyl (C=S) groups is 1. The monoisotopic (exact) mass is 1420 g/mol. The van der Waals surface area contributed by atoms with Crippen LogP contribution in [0.15, 0.2) is 199 Å². The molecule has 0 aliphatic heterocycles. The molecule has 12 N–H and O–H groups in total. The molecule has 30 heteroatoms. The number of thioether (sulfide) groups is 1. The number of nitrogens with zero attached hydrogens (tertiary/aromatic N) is 8. The normalized spacial score (nSPS) is 10.8. The van der Waals surface area contributed by atoms with Crippen LogP contribution in [0.1, 0.15) is 22.3 Å². The van der Waals surface area contributed by atoms with Gasteiger partial charge in [0.05, 0.1) is 52.6 Å². The summed E-state index contributed by atoms with van der Waals surface area (Å²) in [6, 6.07) is 42.8. The van der Waals surface area contributed by atoms with Crippen molar-refractivity contribution in [2.75, 3.05) is 67.9 Å². The standard InChI is InChI=1S/C27H27F2N7O3.C20H22FN5O3.C8H9FN2S.C7H7FN2S.HI/c1-39-23-12-4-19(5-13-23)16-35-25(32-15-14-31-24(30)33-22-10-8-21(29)9-11-22)34-26(37)36(27(35)38)17-18-2-6-20(28)7-3-18;1-29-17-8-4-15(5-9-17)12-25-18(23-11-10-22)24-19(27)26(20(25)28)13-14-2-6-16(21)7-3-14;1-12-8(10)11-7-4-2-6(9)3-5-7;8-5-1-3-6(4-2-5)10-7(9)11;/h2-13H,14-17H2,1H3,(H3,30,31,33)(H,32,34,37);2-9H,10-13,22H2,1H3,(H,23,24,27);2-5H,1H3,(H2,10,11);1-4H,(H3,9,10,11);1H. The molecule has 0 fully saturated rings. The zero-order chi connectivity index (χ0) is 65.8. The maximum Gasteiger partial charge on any atom is 0.355 e. The summed E-state index contributed by atoms with van der Waals surface area (Å²) in [5.74, 6) is -0.0391. The Morgan fingerprint density at radius 1 is 0.511 bits per heavy atom. The number of amidine groups is 1. The molecule has 22 nitrogen and oxygen atoms in total. The number of hydrogen-bond acceptors (Lipinski definition) is 15. The van der Waals surface area contributed by atoms with Crippen molar-refractivity contribution in [3.8, 4) is 11.5 Å². The second-order valence-electron chi connectivity index (χ2n) is 19.0. The van der Waals surface area contributed by atoms with Crippen molar-refractivity contribution >= 4 is 93.2 Å². The maximum absolute atomic E-state index is 13.4. The molecule has 484 valence electrons. The number of aromatic nitrogens is 6. The first-order valence-corrected chi connectivity index (χ1v) is 29.0. The summed E-state index contributed by atoms with van der Waals surface area (Å²) in [4.78, 5) is 68.1. The van der Waals surface area contributed by atoms with Crippen LogP contribution in [0.4, 0.5) is 50.9 Å². The van der Waals surface area contributed by atoms with E-state index in [-0.39, 0.29) is 104 Å². The molecule has 2 heterocycles. The van der Waals surface area contributed by atoms with E-state index >= 15 is 0 Å². The van der Waals surface area contributed by atoms with Gasteiger partial charge in [0.2, 0.25) is 11.9 Å². The van der Waals surface area contributed by atoms with E-state index in [9.17, 15) is 41.1 Å². The largest absolute Gasteiger partial charge is 0.497 e. The lowest BCUT2D eigenvalue weighted by Crippen LogP contribution is -2.43. The summed E-state index contributed by atoms with van der Waals surface area (Å²) < 4.78 is 79.4. The molecule has 0 aliphatic rings. The van der Waals surface area contributed by atoms with Crippen LogP contribution < -0.4 is 76.4 Å². The molecular weight excluding hydrogens is 1350 g/mol. The number of ether oxygens (including phenoxy) is 2. The fraction of sp³-hybridized carbons (Fsp3) is 0.177. The SMILES string of the molecule is COc1ccc(Cn2c(NCCN)nc(=O)n(Cc3ccc(F)cc3)c2=O)cc1.COc1ccc(Cn2c(NCCN=C(N)Nc3ccc(F)cc3)nc(=O)n(Cc3ccc(F)cc3)c2=O)cc1.CSC(N)=Nc1ccc(F)cc1.I.NC(=S)Nc1ccc(F)cc1. The predicted molar refractivity (Wildman–Crippen MR) is 367 cm³/mol. The summed E-state index contributed by atoms with van der Waals surface area (Å²) in [7, 11) is 3.13. The Kier molecular flexibility index (Phi) is 29.5. The number of benzene rings is 7. The van der Waals surface area contributed by atoms with Gasteiger partial charge in [-0.05, 0) is 162 Å². The van der Waals surface area contributed by atoms with Gasteiger partial charge in [-0.15, -0.1) is 24.0 Å². The lowest BCUT2D eigenvalue weighted by atomic mass is 10.2. The van der Waals surface area contributed by atoms with Crippen molar-refractivity contribution < 1.29 is 31.4 Å². The Hall–Kier alpha value is -9.92. The average molecular weight is 1420 g/mol. The number of hydrogen-bond donors (Lipinski definition) is 8. The van der Waals surface area contributed by atoms with Crippen LogP contribution >= 0.6 is 48.0 Å². The first-order chi connectivity index (χ1) is 43.7. The Morgan fingerprint density at radius 3 is 1.21 bits per heavy atom. The summed E-state index contributed by atoms with van der Waals surface area (Å²) in [6.45, 7) is 1.33. The molecule has 9 aromatic rings. The van der Waals surface area contributed by atoms with Crippen molar-refractivity contribution in [2.45, 2.75) is 26.2 Å². The van der Waals surface area contributed by atoms with E-state index in [0.717, 1.165) is 20.3 Å². The van der Waals surface area contributed by atoms with Gasteiger partial charge in [-0.25, -0.2) is 55.3 Å². The number of guanidine groups is 1. The summed E-state index contributed by atoms with van der Waals surface area (Å²) in [5, 5.41) is 12.1. The molecule has 0 unspecified atom stereocenters. The highest BCUT2D eigenvalue weighted by Crippen LogP contribution is 2.17. The van der Waals surface area contributed by atoms with Crippen LogP contribution in [-0.4, -0.2) is 91.1 Å². The molecule has 9 rings (SSSR count). The Balaban J connectivity index is 0.000000251. The number of nitrogens with two attached hydrogens (primary N) is 4. The Bertz CT molecular complexity index is 4110. The fourth-order valence-electron chi connectivity index (χ4n) is 7.87. The van der Waals surface area contributed by atoms with E-state index in [2.05, 4.69) is 53.4 Å². The first-order valence-electron chi connectivity index (χ1n) is 27.4. The van der Waals surface area contributed by atoms with Crippen LogP contribution in [0.3, 0.4) is 0 Å². The van der Waals surface area contributed by atoms with E-state index in [1.165, 1.54) is 118 Å². The molecule has 0 radical (unpaired) electrons. The first kappa shape index (κ1) is 72.8. The van der Waals surface area contributed by atoms with Crippen LogP contribution in [0.2, 0.25) is 0 Å². The summed E-state index contributed by atoms with van der Waals surface area (Å²) >= 11 is 5.94. The highest BCUT2D eigenvalue weighted by atomic mass is 127. The van der Waals surface area contributed by atoms with E-state index in [0.29, 0.717) is 57.9 Å². The topological polar surface area (TPSA) is 309 Å². The minimum Gasteiger partial charge on any atom is -0.497 e. The highest BCUT2D eigenvalue weighted by molar-refractivity contribution is 14.0. The van der Waals surface area contributed by atoms with Gasteiger partial charge >= 0.3 is 22.8 Å². The minimum absolute atomic E-state index is 0. The van der Waals surface area contributed by atoms with Gasteiger partial charge in [0.15, 0.2) is 16.2 Å². The number of aliphatic imine (C=N–C) groups is 2. The molecule has 0 spiro atoms. The molecule has 7 aromatic carbocycles. The zero-order valence-electron chi connectivity index (χ0n) is 49.8. The van der Waals surface area contributed by atoms with Crippen LogP contribution in [0.5, 0.6) is 11.5 Å². The third-order valence-electron chi connectivity index (χ3n) is 12.4. The maximum atomic E-state index is 13.4. The van der Waals surface area contributed by atoms with Crippen molar-refractivity contribution in [1.82, 2.24) is 28.2 Å². The number of methoxy groups -OCH3 is 2. The summed E-state index contributed by atoms with van der Waals surface area (Å²) in [6.07, 6.45) is 1.84. The zero-order valence-corrected chi connectivity index (χ0v) is 53.7. The second-order valence-corrected chi connectivity index (χ2v) is 20.2. The third kappa shape index (κ3) is 23.8. The fourth-order valence-corrected chi connectivity index (χ4v) is 8.18. The van der Waals surface area contributed by atoms with Gasteiger partial charge < -0.3 is 53.7 Å². The third-order valence-corrected chi connectivity index (χ3v) is 13.0. The van der Waals surface area contributed by atoms with Crippen LogP contribution in [-0.2, 0) is 26.2 Å². The molecule has 92 heavy (non-hydrogen) atoms. The number of nitrogens with one attached hydrogen (secondary N) is 4. The van der Waals surface area contributed by atoms with Crippen molar-refractivity contribution in [2.24, 2.45) is 32.9 Å². The molecule has 0 saturated heterocycles. The number of anilines is 4. The molecule has 2 aromatic heterocycles. The molecule has 0 amide bonds. The highest BCUT2D eigenvalue weighted by Gasteiger charge is 2.17. The smallest absolute Gasteiger partial charge is 0.355 e. The van der Waals surface area contributed by atoms with Gasteiger partial charge in [0, 0.05) is 31.0 Å². The lowest BCUT2D eigenvalue weighted by Gasteiger charge is -2.16. The molecule has 0 atom stereocenters. The quantitative estimate of drug-likeness (QED) is 0.00898. The van der Waals surface area contributed by atoms with Crippen molar-refractivity contribution in [1.29, 1.82) is 0 Å². The second kappa shape index (κ2) is 37.3. The lowest BCUT2D eigenvalue weighted by molar-refractivity contribution is 0.414. The van der Waals surface area contributed by atoms with Gasteiger partial charge in [-0.3, -0.25) is 14.1 Å². The van der Waals surface area contributed by atoms with Crippen molar-refractivity contribution in [3.05, 3.63) is 263 Å². The van der Waals surface area contributed by atoms with E-state index in [4.69, 9.17) is 32.4 Å². The summed E-state index contributed by atoms with van der Waals surface area (Å²) in [5.41, 5.74) is 24.3. The van der Waals surface area contributed by atoms with E-state index in [1.54, 1.807) is 74.9 Å². The van der Waals surface area contributed by atoms with Gasteiger partial charge in [0.25, 0.3) is 0 Å². The number of rotatable bonds is 20. The van der Waals surface area contributed by atoms with Gasteiger partial charge in [-0.1, -0.05) is 60.3 Å². The Morgan fingerprint density at radius 2 is 0.848 bits per heavy atom. The van der Waals surface area contributed by atoms with Crippen LogP contribution in [0, 0.1) is 29.1 Å². The van der Waals surface area contributed by atoms with Gasteiger partial charge in [0.1, 0.15) is 40.6 Å². The minimum atomic E-state index is -0.751. The molecule has 0 bridgehead atoms. The van der Waals surface area contributed by atoms with Gasteiger partial charge in [-0.2, -0.15) is 9.97 Å². The van der Waals surface area contributed by atoms with Crippen molar-refractivity contribution in [3.63, 3.8) is 0 Å². The molecule has 0 aliphatic carbocycles. The number of halogens is 6. The molecular formula is C62H66F5IN16O6S2. The predicted octanol–water partition coefficient (Wildman–Crippen LogP) is 7.88. The van der Waals surface area contributed by atoms with E-state index < -0.39 is 34.4 Å². The van der Waals surface area contributed by atoms with Crippen LogP contribution in [0.25, 0.3) is 0 Å².